The molecule has 2 aromatic heterocycles. The number of nitrogens with zero attached hydrogens (tertiary/aromatic N) is 4. The molecule has 3 aromatic rings. The molecule has 0 spiro atoms. The number of rotatable bonds is 8. The number of aromatic nitrogens is 3. The minimum atomic E-state index is -0.120. The molecule has 0 aliphatic rings. The molecule has 0 fully saturated rings. The van der Waals surface area contributed by atoms with Gasteiger partial charge in [-0.1, -0.05) is 37.3 Å². The highest BCUT2D eigenvalue weighted by molar-refractivity contribution is 5.93. The van der Waals surface area contributed by atoms with Gasteiger partial charge < -0.3 is 10.2 Å². The summed E-state index contributed by atoms with van der Waals surface area (Å²) in [5.41, 5.74) is 2.42. The second-order valence-corrected chi connectivity index (χ2v) is 7.11. The van der Waals surface area contributed by atoms with Gasteiger partial charge >= 0.3 is 0 Å². The van der Waals surface area contributed by atoms with Crippen LogP contribution in [0.1, 0.15) is 36.3 Å². The van der Waals surface area contributed by atoms with Crippen molar-refractivity contribution in [3.8, 4) is 11.4 Å². The molecular formula is C23H27N5O. The molecule has 0 aliphatic carbocycles. The highest BCUT2D eigenvalue weighted by atomic mass is 16.2. The Morgan fingerprint density at radius 2 is 1.83 bits per heavy atom. The molecule has 6 nitrogen and oxygen atoms in total. The summed E-state index contributed by atoms with van der Waals surface area (Å²) >= 11 is 0. The van der Waals surface area contributed by atoms with Gasteiger partial charge in [-0.25, -0.2) is 9.97 Å². The number of benzene rings is 1. The van der Waals surface area contributed by atoms with E-state index in [9.17, 15) is 4.79 Å². The Morgan fingerprint density at radius 1 is 1.10 bits per heavy atom. The van der Waals surface area contributed by atoms with Crippen molar-refractivity contribution in [1.29, 1.82) is 0 Å². The molecule has 6 heteroatoms. The summed E-state index contributed by atoms with van der Waals surface area (Å²) in [5.74, 6) is 1.09. The van der Waals surface area contributed by atoms with Crippen LogP contribution in [0.4, 0.5) is 5.82 Å². The average Bonchev–Trinajstić information content (AvgIpc) is 2.78. The molecule has 1 amide bonds. The molecule has 150 valence electrons. The molecule has 0 aliphatic heterocycles. The number of pyridine rings is 1. The smallest absolute Gasteiger partial charge is 0.272 e. The molecule has 1 unspecified atom stereocenters. The Balaban J connectivity index is 1.83. The zero-order valence-electron chi connectivity index (χ0n) is 17.2. The standard InChI is InChI=1S/C23H27N5O/c1-4-17(2)25-21-16-20(26-22(27-21)19-8-6-5-7-9-19)23(29)28(3)15-12-18-10-13-24-14-11-18/h5-11,13-14,16-17H,4,12,15H2,1-3H3,(H,25,26,27). The first-order valence-electron chi connectivity index (χ1n) is 9.92. The first-order valence-corrected chi connectivity index (χ1v) is 9.92. The summed E-state index contributed by atoms with van der Waals surface area (Å²) in [4.78, 5) is 28.0. The van der Waals surface area contributed by atoms with Crippen molar-refractivity contribution in [3.63, 3.8) is 0 Å². The second kappa shape index (κ2) is 9.78. The lowest BCUT2D eigenvalue weighted by Gasteiger charge is -2.18. The summed E-state index contributed by atoms with van der Waals surface area (Å²) in [5, 5.41) is 3.36. The Hall–Kier alpha value is -3.28. The predicted molar refractivity (Wildman–Crippen MR) is 116 cm³/mol. The molecule has 0 saturated carbocycles. The van der Waals surface area contributed by atoms with Crippen LogP contribution in [-0.4, -0.2) is 45.4 Å². The maximum atomic E-state index is 13.1. The normalized spacial score (nSPS) is 11.7. The lowest BCUT2D eigenvalue weighted by Crippen LogP contribution is -2.30. The van der Waals surface area contributed by atoms with Gasteiger partial charge in [0.05, 0.1) is 0 Å². The fraction of sp³-hybridized carbons (Fsp3) is 0.304. The van der Waals surface area contributed by atoms with Crippen molar-refractivity contribution >= 4 is 11.7 Å². The van der Waals surface area contributed by atoms with E-state index in [0.717, 1.165) is 24.0 Å². The summed E-state index contributed by atoms with van der Waals surface area (Å²) in [6.45, 7) is 4.80. The van der Waals surface area contributed by atoms with Crippen molar-refractivity contribution < 1.29 is 4.79 Å². The van der Waals surface area contributed by atoms with Crippen LogP contribution in [-0.2, 0) is 6.42 Å². The van der Waals surface area contributed by atoms with Gasteiger partial charge in [0.2, 0.25) is 0 Å². The van der Waals surface area contributed by atoms with E-state index in [0.29, 0.717) is 23.9 Å². The van der Waals surface area contributed by atoms with Gasteiger partial charge in [-0.3, -0.25) is 9.78 Å². The maximum Gasteiger partial charge on any atom is 0.272 e. The first kappa shape index (κ1) is 20.5. The molecule has 29 heavy (non-hydrogen) atoms. The summed E-state index contributed by atoms with van der Waals surface area (Å²) in [6.07, 6.45) is 5.25. The average molecular weight is 390 g/mol. The summed E-state index contributed by atoms with van der Waals surface area (Å²) in [6, 6.07) is 15.6. The fourth-order valence-electron chi connectivity index (χ4n) is 2.84. The monoisotopic (exact) mass is 389 g/mol. The van der Waals surface area contributed by atoms with Crippen LogP contribution in [0.25, 0.3) is 11.4 Å². The van der Waals surface area contributed by atoms with Crippen molar-refractivity contribution in [1.82, 2.24) is 19.9 Å². The Bertz CT molecular complexity index is 931. The van der Waals surface area contributed by atoms with Crippen LogP contribution in [0.2, 0.25) is 0 Å². The van der Waals surface area contributed by atoms with Crippen LogP contribution in [0.5, 0.6) is 0 Å². The van der Waals surface area contributed by atoms with Gasteiger partial charge in [0.1, 0.15) is 11.5 Å². The van der Waals surface area contributed by atoms with Gasteiger partial charge in [-0.15, -0.1) is 0 Å². The van der Waals surface area contributed by atoms with Crippen LogP contribution < -0.4 is 5.32 Å². The Morgan fingerprint density at radius 3 is 2.52 bits per heavy atom. The van der Waals surface area contributed by atoms with Gasteiger partial charge in [-0.2, -0.15) is 0 Å². The van der Waals surface area contributed by atoms with Crippen molar-refractivity contribution in [2.24, 2.45) is 0 Å². The zero-order valence-corrected chi connectivity index (χ0v) is 17.2. The quantitative estimate of drug-likeness (QED) is 0.629. The molecule has 1 N–H and O–H groups in total. The van der Waals surface area contributed by atoms with Crippen LogP contribution in [0, 0.1) is 0 Å². The van der Waals surface area contributed by atoms with Gasteiger partial charge in [0.15, 0.2) is 5.82 Å². The molecule has 3 rings (SSSR count). The van der Waals surface area contributed by atoms with E-state index in [4.69, 9.17) is 0 Å². The van der Waals surface area contributed by atoms with Gasteiger partial charge in [0, 0.05) is 43.7 Å². The fourth-order valence-corrected chi connectivity index (χ4v) is 2.84. The molecule has 0 saturated heterocycles. The van der Waals surface area contributed by atoms with Crippen molar-refractivity contribution in [2.45, 2.75) is 32.7 Å². The predicted octanol–water partition coefficient (Wildman–Crippen LogP) is 4.06. The number of hydrogen-bond acceptors (Lipinski definition) is 5. The highest BCUT2D eigenvalue weighted by Gasteiger charge is 2.17. The number of anilines is 1. The third kappa shape index (κ3) is 5.60. The number of carbonyl (C=O) groups excluding carboxylic acids is 1. The third-order valence-corrected chi connectivity index (χ3v) is 4.82. The lowest BCUT2D eigenvalue weighted by molar-refractivity contribution is 0.0791. The van der Waals surface area contributed by atoms with Crippen LogP contribution in [0.3, 0.4) is 0 Å². The number of carbonyl (C=O) groups is 1. The number of nitrogens with one attached hydrogen (secondary N) is 1. The third-order valence-electron chi connectivity index (χ3n) is 4.82. The van der Waals surface area contributed by atoms with E-state index in [1.54, 1.807) is 30.4 Å². The van der Waals surface area contributed by atoms with Crippen molar-refractivity contribution in [2.75, 3.05) is 18.9 Å². The number of hydrogen-bond donors (Lipinski definition) is 1. The minimum absolute atomic E-state index is 0.120. The van der Waals surface area contributed by atoms with Gasteiger partial charge in [-0.05, 0) is 37.5 Å². The zero-order chi connectivity index (χ0) is 20.6. The molecule has 2 heterocycles. The van der Waals surface area contributed by atoms with E-state index < -0.39 is 0 Å². The lowest BCUT2D eigenvalue weighted by atomic mass is 10.2. The number of amides is 1. The van der Waals surface area contributed by atoms with E-state index in [-0.39, 0.29) is 11.9 Å². The van der Waals surface area contributed by atoms with E-state index in [2.05, 4.69) is 34.1 Å². The SMILES string of the molecule is CCC(C)Nc1cc(C(=O)N(C)CCc2ccncc2)nc(-c2ccccc2)n1. The van der Waals surface area contributed by atoms with E-state index in [1.807, 2.05) is 42.5 Å². The van der Waals surface area contributed by atoms with E-state index in [1.165, 1.54) is 0 Å². The molecule has 0 radical (unpaired) electrons. The largest absolute Gasteiger partial charge is 0.367 e. The van der Waals surface area contributed by atoms with E-state index >= 15 is 0 Å². The number of likely N-dealkylation sites (N-methyl/N-ethyl adjacent to an activating group) is 1. The highest BCUT2D eigenvalue weighted by Crippen LogP contribution is 2.19. The molecule has 0 bridgehead atoms. The topological polar surface area (TPSA) is 71.0 Å². The Kier molecular flexibility index (Phi) is 6.89. The van der Waals surface area contributed by atoms with Crippen LogP contribution >= 0.6 is 0 Å². The summed E-state index contributed by atoms with van der Waals surface area (Å²) in [7, 11) is 1.80. The first-order chi connectivity index (χ1) is 14.1. The second-order valence-electron chi connectivity index (χ2n) is 7.11. The van der Waals surface area contributed by atoms with Crippen molar-refractivity contribution in [3.05, 3.63) is 72.2 Å². The Labute approximate surface area is 172 Å². The molecule has 1 aromatic carbocycles. The van der Waals surface area contributed by atoms with Crippen LogP contribution in [0.15, 0.2) is 60.9 Å². The summed E-state index contributed by atoms with van der Waals surface area (Å²) < 4.78 is 0. The maximum absolute atomic E-state index is 13.1. The molecular weight excluding hydrogens is 362 g/mol. The van der Waals surface area contributed by atoms with Gasteiger partial charge in [0.25, 0.3) is 5.91 Å². The molecule has 1 atom stereocenters. The minimum Gasteiger partial charge on any atom is -0.367 e.